The molecule has 1 unspecified atom stereocenters. The van der Waals surface area contributed by atoms with Crippen LogP contribution in [0.2, 0.25) is 0 Å². The number of furan rings is 1. The van der Waals surface area contributed by atoms with Gasteiger partial charge in [-0.05, 0) is 43.3 Å². The highest BCUT2D eigenvalue weighted by Crippen LogP contribution is 2.29. The monoisotopic (exact) mass is 353 g/mol. The quantitative estimate of drug-likeness (QED) is 0.822. The molecule has 1 aromatic heterocycles. The second kappa shape index (κ2) is 7.87. The summed E-state index contributed by atoms with van der Waals surface area (Å²) in [7, 11) is -2.28. The van der Waals surface area contributed by atoms with Crippen LogP contribution >= 0.6 is 0 Å². The number of alkyl carbamates (subject to hydrolysis) is 1. The summed E-state index contributed by atoms with van der Waals surface area (Å²) in [6.45, 7) is 1.70. The highest BCUT2D eigenvalue weighted by atomic mass is 32.2. The van der Waals surface area contributed by atoms with Gasteiger partial charge in [0.15, 0.2) is 9.84 Å². The molecule has 130 valence electrons. The van der Waals surface area contributed by atoms with Gasteiger partial charge in [0.25, 0.3) is 0 Å². The molecule has 0 radical (unpaired) electrons. The third-order valence-electron chi connectivity index (χ3n) is 3.33. The lowest BCUT2D eigenvalue weighted by molar-refractivity contribution is 0.152. The smallest absolute Gasteiger partial charge is 0.407 e. The maximum absolute atomic E-state index is 12.9. The number of benzene rings is 1. The van der Waals surface area contributed by atoms with E-state index in [-0.39, 0.29) is 23.8 Å². The number of methoxy groups -OCH3 is 1. The minimum atomic E-state index is -3.78. The Morgan fingerprint density at radius 3 is 2.50 bits per heavy atom. The number of ether oxygens (including phenoxy) is 2. The molecule has 1 heterocycles. The van der Waals surface area contributed by atoms with Gasteiger partial charge in [0.1, 0.15) is 16.8 Å². The SMILES string of the molecule is CCOC(=O)NCC(c1ccco1)S(=O)(=O)c1ccc(OC)cc1. The highest BCUT2D eigenvalue weighted by molar-refractivity contribution is 7.91. The van der Waals surface area contributed by atoms with Gasteiger partial charge in [-0.1, -0.05) is 0 Å². The fourth-order valence-corrected chi connectivity index (χ4v) is 3.71. The van der Waals surface area contributed by atoms with E-state index in [1.54, 1.807) is 31.2 Å². The lowest BCUT2D eigenvalue weighted by atomic mass is 10.3. The number of rotatable bonds is 7. The zero-order valence-electron chi connectivity index (χ0n) is 13.4. The average molecular weight is 353 g/mol. The van der Waals surface area contributed by atoms with Crippen molar-refractivity contribution in [3.05, 3.63) is 48.4 Å². The van der Waals surface area contributed by atoms with Crippen LogP contribution < -0.4 is 10.1 Å². The Bertz CT molecular complexity index is 752. The summed E-state index contributed by atoms with van der Waals surface area (Å²) in [5, 5.41) is 1.38. The Kier molecular flexibility index (Phi) is 5.86. The Morgan fingerprint density at radius 2 is 1.96 bits per heavy atom. The van der Waals surface area contributed by atoms with Gasteiger partial charge in [-0.3, -0.25) is 0 Å². The third kappa shape index (κ3) is 4.08. The molecule has 7 nitrogen and oxygen atoms in total. The second-order valence-electron chi connectivity index (χ2n) is 4.83. The molecule has 0 saturated heterocycles. The molecule has 0 aliphatic rings. The maximum Gasteiger partial charge on any atom is 0.407 e. The Labute approximate surface area is 140 Å². The van der Waals surface area contributed by atoms with Crippen molar-refractivity contribution in [2.45, 2.75) is 17.1 Å². The van der Waals surface area contributed by atoms with Gasteiger partial charge in [0.05, 0.1) is 24.9 Å². The summed E-state index contributed by atoms with van der Waals surface area (Å²) < 4.78 is 40.9. The number of sulfone groups is 1. The summed E-state index contributed by atoms with van der Waals surface area (Å²) in [6, 6.07) is 9.17. The normalized spacial score (nSPS) is 12.4. The Hall–Kier alpha value is -2.48. The van der Waals surface area contributed by atoms with Crippen molar-refractivity contribution < 1.29 is 27.1 Å². The van der Waals surface area contributed by atoms with Crippen molar-refractivity contribution in [2.24, 2.45) is 0 Å². The van der Waals surface area contributed by atoms with E-state index < -0.39 is 21.2 Å². The standard InChI is InChI=1S/C16H19NO6S/c1-3-22-16(18)17-11-15(14-5-4-10-23-14)24(19,20)13-8-6-12(21-2)7-9-13/h4-10,15H,3,11H2,1-2H3,(H,17,18). The van der Waals surface area contributed by atoms with Gasteiger partial charge in [-0.2, -0.15) is 0 Å². The van der Waals surface area contributed by atoms with Crippen LogP contribution in [0.15, 0.2) is 52.0 Å². The van der Waals surface area contributed by atoms with Crippen LogP contribution in [0.1, 0.15) is 17.9 Å². The highest BCUT2D eigenvalue weighted by Gasteiger charge is 2.32. The molecule has 1 aromatic carbocycles. The van der Waals surface area contributed by atoms with Crippen molar-refractivity contribution in [3.8, 4) is 5.75 Å². The summed E-state index contributed by atoms with van der Waals surface area (Å²) in [5.74, 6) is 0.788. The molecule has 0 spiro atoms. The molecule has 0 aliphatic heterocycles. The van der Waals surface area contributed by atoms with Gasteiger partial charge >= 0.3 is 6.09 Å². The predicted molar refractivity (Wildman–Crippen MR) is 86.7 cm³/mol. The molecule has 24 heavy (non-hydrogen) atoms. The van der Waals surface area contributed by atoms with E-state index in [0.29, 0.717) is 5.75 Å². The molecule has 0 aliphatic carbocycles. The number of carbonyl (C=O) groups is 1. The number of nitrogens with one attached hydrogen (secondary N) is 1. The van der Waals surface area contributed by atoms with Crippen molar-refractivity contribution in [2.75, 3.05) is 20.3 Å². The molecule has 1 N–H and O–H groups in total. The van der Waals surface area contributed by atoms with Gasteiger partial charge < -0.3 is 19.2 Å². The fraction of sp³-hybridized carbons (Fsp3) is 0.312. The number of hydrogen-bond donors (Lipinski definition) is 1. The summed E-state index contributed by atoms with van der Waals surface area (Å²) in [5.41, 5.74) is 0. The topological polar surface area (TPSA) is 94.8 Å². The van der Waals surface area contributed by atoms with Gasteiger partial charge in [0, 0.05) is 6.54 Å². The van der Waals surface area contributed by atoms with E-state index >= 15 is 0 Å². The lowest BCUT2D eigenvalue weighted by Gasteiger charge is -2.16. The van der Waals surface area contributed by atoms with E-state index in [1.807, 2.05) is 0 Å². The first-order chi connectivity index (χ1) is 11.5. The zero-order chi connectivity index (χ0) is 17.6. The molecule has 0 saturated carbocycles. The van der Waals surface area contributed by atoms with Crippen molar-refractivity contribution in [1.29, 1.82) is 0 Å². The maximum atomic E-state index is 12.9. The zero-order valence-corrected chi connectivity index (χ0v) is 14.2. The van der Waals surface area contributed by atoms with Crippen LogP contribution in [-0.4, -0.2) is 34.8 Å². The first-order valence-corrected chi connectivity index (χ1v) is 8.85. The van der Waals surface area contributed by atoms with E-state index in [0.717, 1.165) is 0 Å². The predicted octanol–water partition coefficient (Wildman–Crippen LogP) is 2.55. The minimum Gasteiger partial charge on any atom is -0.497 e. The first kappa shape index (κ1) is 17.9. The van der Waals surface area contributed by atoms with Gasteiger partial charge in [0.2, 0.25) is 0 Å². The van der Waals surface area contributed by atoms with Crippen LogP contribution in [0.5, 0.6) is 5.75 Å². The average Bonchev–Trinajstić information content (AvgIpc) is 3.09. The van der Waals surface area contributed by atoms with Crippen molar-refractivity contribution in [1.82, 2.24) is 5.32 Å². The second-order valence-corrected chi connectivity index (χ2v) is 6.96. The molecular weight excluding hydrogens is 334 g/mol. The van der Waals surface area contributed by atoms with E-state index in [4.69, 9.17) is 13.9 Å². The van der Waals surface area contributed by atoms with Crippen molar-refractivity contribution in [3.63, 3.8) is 0 Å². The molecule has 2 aromatic rings. The minimum absolute atomic E-state index is 0.107. The van der Waals surface area contributed by atoms with Crippen molar-refractivity contribution >= 4 is 15.9 Å². The molecule has 0 fully saturated rings. The van der Waals surface area contributed by atoms with Crippen LogP contribution in [-0.2, 0) is 14.6 Å². The number of hydrogen-bond acceptors (Lipinski definition) is 6. The molecular formula is C16H19NO6S. The summed E-state index contributed by atoms with van der Waals surface area (Å²) in [6.07, 6.45) is 0.704. The number of amides is 1. The molecule has 0 bridgehead atoms. The van der Waals surface area contributed by atoms with Gasteiger partial charge in [-0.15, -0.1) is 0 Å². The fourth-order valence-electron chi connectivity index (χ4n) is 2.13. The molecule has 8 heteroatoms. The van der Waals surface area contributed by atoms with E-state index in [2.05, 4.69) is 5.32 Å². The largest absolute Gasteiger partial charge is 0.497 e. The Balaban J connectivity index is 2.29. The molecule has 1 amide bonds. The third-order valence-corrected chi connectivity index (χ3v) is 5.41. The van der Waals surface area contributed by atoms with E-state index in [1.165, 1.54) is 25.5 Å². The van der Waals surface area contributed by atoms with Crippen LogP contribution in [0, 0.1) is 0 Å². The summed E-state index contributed by atoms with van der Waals surface area (Å²) in [4.78, 5) is 11.6. The van der Waals surface area contributed by atoms with Crippen LogP contribution in [0.25, 0.3) is 0 Å². The lowest BCUT2D eigenvalue weighted by Crippen LogP contribution is -2.32. The van der Waals surface area contributed by atoms with Gasteiger partial charge in [-0.25, -0.2) is 13.2 Å². The first-order valence-electron chi connectivity index (χ1n) is 7.31. The number of carbonyl (C=O) groups excluding carboxylic acids is 1. The molecule has 2 rings (SSSR count). The van der Waals surface area contributed by atoms with E-state index in [9.17, 15) is 13.2 Å². The molecule has 1 atom stereocenters. The van der Waals surface area contributed by atoms with Crippen LogP contribution in [0.3, 0.4) is 0 Å². The summed E-state index contributed by atoms with van der Waals surface area (Å²) >= 11 is 0. The van der Waals surface area contributed by atoms with Crippen LogP contribution in [0.4, 0.5) is 4.79 Å². The Morgan fingerprint density at radius 1 is 1.25 bits per heavy atom.